The smallest absolute Gasteiger partial charge is 0.202 e. The SMILES string of the molecule is CC1CCCC2C(=O)C(=O)C(C3CCCCC3)CC12C. The van der Waals surface area contributed by atoms with Gasteiger partial charge in [0.2, 0.25) is 11.6 Å². The van der Waals surface area contributed by atoms with Crippen molar-refractivity contribution in [2.24, 2.45) is 29.1 Å². The van der Waals surface area contributed by atoms with Crippen molar-refractivity contribution in [1.29, 1.82) is 0 Å². The van der Waals surface area contributed by atoms with Crippen LogP contribution < -0.4 is 0 Å². The van der Waals surface area contributed by atoms with Gasteiger partial charge in [-0.1, -0.05) is 46.0 Å². The van der Waals surface area contributed by atoms with Crippen LogP contribution in [0.5, 0.6) is 0 Å². The summed E-state index contributed by atoms with van der Waals surface area (Å²) in [6.45, 7) is 4.59. The lowest BCUT2D eigenvalue weighted by atomic mass is 9.51. The third-order valence-corrected chi connectivity index (χ3v) is 6.83. The Bertz CT molecular complexity index is 408. The van der Waals surface area contributed by atoms with Crippen LogP contribution in [0, 0.1) is 29.1 Å². The highest BCUT2D eigenvalue weighted by Gasteiger charge is 2.54. The number of ketones is 2. The van der Waals surface area contributed by atoms with Crippen molar-refractivity contribution in [3.05, 3.63) is 0 Å². The number of carbonyl (C=O) groups excluding carboxylic acids is 2. The third kappa shape index (κ3) is 2.16. The fourth-order valence-corrected chi connectivity index (χ4v) is 5.24. The number of hydrogen-bond acceptors (Lipinski definition) is 2. The van der Waals surface area contributed by atoms with Crippen LogP contribution in [0.1, 0.15) is 71.6 Å². The summed E-state index contributed by atoms with van der Waals surface area (Å²) in [6, 6.07) is 0. The molecule has 2 nitrogen and oxygen atoms in total. The van der Waals surface area contributed by atoms with E-state index in [1.54, 1.807) is 0 Å². The molecule has 4 unspecified atom stereocenters. The first-order valence-electron chi connectivity index (χ1n) is 8.62. The molecule has 2 heteroatoms. The molecule has 0 aromatic rings. The quantitative estimate of drug-likeness (QED) is 0.674. The Morgan fingerprint density at radius 2 is 1.60 bits per heavy atom. The van der Waals surface area contributed by atoms with Gasteiger partial charge in [0.1, 0.15) is 0 Å². The standard InChI is InChI=1S/C18H28O2/c1-12-7-6-10-15-17(20)16(19)14(11-18(12,15)2)13-8-4-3-5-9-13/h12-15H,3-11H2,1-2H3. The van der Waals surface area contributed by atoms with Gasteiger partial charge in [-0.05, 0) is 42.9 Å². The van der Waals surface area contributed by atoms with Crippen molar-refractivity contribution in [1.82, 2.24) is 0 Å². The topological polar surface area (TPSA) is 34.1 Å². The number of carbonyl (C=O) groups is 2. The molecular weight excluding hydrogens is 248 g/mol. The second-order valence-corrected chi connectivity index (χ2v) is 7.83. The van der Waals surface area contributed by atoms with Gasteiger partial charge in [0.15, 0.2) is 0 Å². The maximum absolute atomic E-state index is 12.6. The van der Waals surface area contributed by atoms with Crippen LogP contribution in [0.2, 0.25) is 0 Å². The van der Waals surface area contributed by atoms with E-state index in [-0.39, 0.29) is 28.8 Å². The number of Topliss-reactive ketones (excluding diaryl/α,β-unsaturated/α-hetero) is 2. The maximum Gasteiger partial charge on any atom is 0.202 e. The Morgan fingerprint density at radius 1 is 0.900 bits per heavy atom. The van der Waals surface area contributed by atoms with Crippen LogP contribution >= 0.6 is 0 Å². The van der Waals surface area contributed by atoms with E-state index in [4.69, 9.17) is 0 Å². The van der Waals surface area contributed by atoms with Crippen LogP contribution in [0.25, 0.3) is 0 Å². The molecule has 112 valence electrons. The van der Waals surface area contributed by atoms with Crippen molar-refractivity contribution in [3.8, 4) is 0 Å². The summed E-state index contributed by atoms with van der Waals surface area (Å²) >= 11 is 0. The summed E-state index contributed by atoms with van der Waals surface area (Å²) in [5, 5.41) is 0. The summed E-state index contributed by atoms with van der Waals surface area (Å²) in [5.41, 5.74) is 0.0886. The molecule has 0 heterocycles. The summed E-state index contributed by atoms with van der Waals surface area (Å²) in [7, 11) is 0. The van der Waals surface area contributed by atoms with Crippen molar-refractivity contribution in [3.63, 3.8) is 0 Å². The molecule has 0 aromatic heterocycles. The van der Waals surface area contributed by atoms with E-state index in [9.17, 15) is 9.59 Å². The molecular formula is C18H28O2. The zero-order valence-electron chi connectivity index (χ0n) is 13.0. The van der Waals surface area contributed by atoms with E-state index >= 15 is 0 Å². The molecule has 0 spiro atoms. The molecule has 3 fully saturated rings. The van der Waals surface area contributed by atoms with Crippen LogP contribution in [0.15, 0.2) is 0 Å². The normalized spacial score (nSPS) is 43.4. The van der Waals surface area contributed by atoms with Crippen LogP contribution in [-0.2, 0) is 9.59 Å². The third-order valence-electron chi connectivity index (χ3n) is 6.83. The van der Waals surface area contributed by atoms with Crippen LogP contribution in [0.3, 0.4) is 0 Å². The zero-order chi connectivity index (χ0) is 14.3. The lowest BCUT2D eigenvalue weighted by molar-refractivity contribution is -0.155. The molecule has 3 aliphatic carbocycles. The molecule has 0 aliphatic heterocycles. The fraction of sp³-hybridized carbons (Fsp3) is 0.889. The molecule has 0 amide bonds. The lowest BCUT2D eigenvalue weighted by Crippen LogP contribution is -2.53. The first-order valence-corrected chi connectivity index (χ1v) is 8.62. The average Bonchev–Trinajstić information content (AvgIpc) is 2.46. The van der Waals surface area contributed by atoms with E-state index in [2.05, 4.69) is 13.8 Å². The van der Waals surface area contributed by atoms with E-state index < -0.39 is 0 Å². The summed E-state index contributed by atoms with van der Waals surface area (Å²) in [4.78, 5) is 25.2. The Labute approximate surface area is 122 Å². The van der Waals surface area contributed by atoms with Gasteiger partial charge >= 0.3 is 0 Å². The number of fused-ring (bicyclic) bond motifs is 1. The fourth-order valence-electron chi connectivity index (χ4n) is 5.24. The van der Waals surface area contributed by atoms with Gasteiger partial charge in [0.25, 0.3) is 0 Å². The summed E-state index contributed by atoms with van der Waals surface area (Å²) < 4.78 is 0. The highest BCUT2D eigenvalue weighted by atomic mass is 16.2. The van der Waals surface area contributed by atoms with E-state index in [1.165, 1.54) is 38.5 Å². The molecule has 0 radical (unpaired) electrons. The van der Waals surface area contributed by atoms with Crippen LogP contribution in [0.4, 0.5) is 0 Å². The predicted octanol–water partition coefficient (Wildman–Crippen LogP) is 4.17. The van der Waals surface area contributed by atoms with Gasteiger partial charge < -0.3 is 0 Å². The van der Waals surface area contributed by atoms with Gasteiger partial charge in [0.05, 0.1) is 0 Å². The molecule has 0 saturated heterocycles. The molecule has 0 aromatic carbocycles. The van der Waals surface area contributed by atoms with Crippen molar-refractivity contribution in [2.45, 2.75) is 71.6 Å². The second-order valence-electron chi connectivity index (χ2n) is 7.83. The van der Waals surface area contributed by atoms with E-state index in [0.717, 1.165) is 19.3 Å². The molecule has 20 heavy (non-hydrogen) atoms. The highest BCUT2D eigenvalue weighted by molar-refractivity contribution is 6.39. The molecule has 3 saturated carbocycles. The van der Waals surface area contributed by atoms with Gasteiger partial charge in [-0.25, -0.2) is 0 Å². The Kier molecular flexibility index (Phi) is 3.77. The Hall–Kier alpha value is -0.660. The minimum Gasteiger partial charge on any atom is -0.291 e. The van der Waals surface area contributed by atoms with Gasteiger partial charge in [-0.15, -0.1) is 0 Å². The second kappa shape index (κ2) is 5.27. The number of hydrogen-bond donors (Lipinski definition) is 0. The van der Waals surface area contributed by atoms with Gasteiger partial charge in [0, 0.05) is 11.8 Å². The van der Waals surface area contributed by atoms with Crippen molar-refractivity contribution in [2.75, 3.05) is 0 Å². The molecule has 3 aliphatic rings. The van der Waals surface area contributed by atoms with Gasteiger partial charge in [-0.3, -0.25) is 9.59 Å². The molecule has 0 N–H and O–H groups in total. The minimum atomic E-state index is -0.0131. The molecule has 4 atom stereocenters. The highest BCUT2D eigenvalue weighted by Crippen LogP contribution is 2.54. The van der Waals surface area contributed by atoms with E-state index in [1.807, 2.05) is 0 Å². The summed E-state index contributed by atoms with van der Waals surface area (Å²) in [5.74, 6) is 1.13. The monoisotopic (exact) mass is 276 g/mol. The molecule has 3 rings (SSSR count). The zero-order valence-corrected chi connectivity index (χ0v) is 13.0. The minimum absolute atomic E-state index is 0.00604. The summed E-state index contributed by atoms with van der Waals surface area (Å²) in [6.07, 6.45) is 10.4. The van der Waals surface area contributed by atoms with Crippen LogP contribution in [-0.4, -0.2) is 11.6 Å². The first kappa shape index (κ1) is 14.3. The Balaban J connectivity index is 1.86. The lowest BCUT2D eigenvalue weighted by Gasteiger charge is -2.51. The van der Waals surface area contributed by atoms with Gasteiger partial charge in [-0.2, -0.15) is 0 Å². The van der Waals surface area contributed by atoms with Crippen molar-refractivity contribution < 1.29 is 9.59 Å². The Morgan fingerprint density at radius 3 is 2.30 bits per heavy atom. The largest absolute Gasteiger partial charge is 0.291 e. The van der Waals surface area contributed by atoms with E-state index in [0.29, 0.717) is 11.8 Å². The predicted molar refractivity (Wildman–Crippen MR) is 79.3 cm³/mol. The van der Waals surface area contributed by atoms with Crippen molar-refractivity contribution >= 4 is 11.6 Å². The maximum atomic E-state index is 12.6. The first-order chi connectivity index (χ1) is 9.54. The molecule has 0 bridgehead atoms. The average molecular weight is 276 g/mol. The number of rotatable bonds is 1.